The molecule has 0 aromatic carbocycles. The molecule has 2 saturated heterocycles. The highest BCUT2D eigenvalue weighted by molar-refractivity contribution is 14.1. The zero-order valence-corrected chi connectivity index (χ0v) is 12.8. The molecule has 2 aliphatic heterocycles. The Morgan fingerprint density at radius 3 is 2.71 bits per heavy atom. The number of nitrogens with zero attached hydrogens (tertiary/aromatic N) is 1. The lowest BCUT2D eigenvalue weighted by Gasteiger charge is -2.25. The molecule has 2 fully saturated rings. The number of likely N-dealkylation sites (tertiary alicyclic amines) is 1. The van der Waals surface area contributed by atoms with Crippen molar-refractivity contribution in [2.24, 2.45) is 5.92 Å². The zero-order chi connectivity index (χ0) is 12.6. The van der Waals surface area contributed by atoms with Crippen LogP contribution < -0.4 is 0 Å². The molecule has 0 aromatic heterocycles. The summed E-state index contributed by atoms with van der Waals surface area (Å²) in [4.78, 5) is 13.7. The Morgan fingerprint density at radius 2 is 2.18 bits per heavy atom. The molecule has 98 valence electrons. The van der Waals surface area contributed by atoms with Crippen LogP contribution in [0.25, 0.3) is 0 Å². The van der Waals surface area contributed by atoms with Crippen molar-refractivity contribution in [3.63, 3.8) is 0 Å². The van der Waals surface area contributed by atoms with Crippen molar-refractivity contribution in [1.82, 2.24) is 4.90 Å². The smallest absolute Gasteiger partial charge is 0.410 e. The summed E-state index contributed by atoms with van der Waals surface area (Å²) in [6, 6.07) is 0. The zero-order valence-electron chi connectivity index (χ0n) is 10.6. The Labute approximate surface area is 116 Å². The molecule has 17 heavy (non-hydrogen) atoms. The van der Waals surface area contributed by atoms with Crippen LogP contribution in [0.1, 0.15) is 27.2 Å². The summed E-state index contributed by atoms with van der Waals surface area (Å²) in [5.41, 5.74) is -0.416. The van der Waals surface area contributed by atoms with Crippen LogP contribution in [0.2, 0.25) is 0 Å². The molecule has 2 aliphatic rings. The van der Waals surface area contributed by atoms with Crippen LogP contribution in [0.3, 0.4) is 0 Å². The second kappa shape index (κ2) is 4.91. The first kappa shape index (κ1) is 13.4. The second-order valence-corrected chi connectivity index (χ2v) is 6.71. The second-order valence-electron chi connectivity index (χ2n) is 5.83. The standard InChI is InChI=1S/C12H20INO3/c1-12(2,3)17-11(15)14-6-8-4-9(5-13)16-10(8)7-14/h8-10H,4-7H2,1-3H3/t8-,9-,10+/m0/s1. The van der Waals surface area contributed by atoms with E-state index in [9.17, 15) is 4.79 Å². The first-order valence-electron chi connectivity index (χ1n) is 6.08. The van der Waals surface area contributed by atoms with Crippen molar-refractivity contribution in [1.29, 1.82) is 0 Å². The number of ether oxygens (including phenoxy) is 2. The van der Waals surface area contributed by atoms with Gasteiger partial charge in [-0.2, -0.15) is 0 Å². The van der Waals surface area contributed by atoms with E-state index in [4.69, 9.17) is 9.47 Å². The highest BCUT2D eigenvalue weighted by atomic mass is 127. The first-order valence-corrected chi connectivity index (χ1v) is 7.61. The van der Waals surface area contributed by atoms with E-state index in [2.05, 4.69) is 22.6 Å². The Hall–Kier alpha value is -0.0400. The third kappa shape index (κ3) is 3.24. The topological polar surface area (TPSA) is 38.8 Å². The summed E-state index contributed by atoms with van der Waals surface area (Å²) in [5, 5.41) is 0. The summed E-state index contributed by atoms with van der Waals surface area (Å²) in [7, 11) is 0. The molecule has 0 spiro atoms. The summed E-state index contributed by atoms with van der Waals surface area (Å²) in [6.45, 7) is 7.15. The van der Waals surface area contributed by atoms with Crippen molar-refractivity contribution >= 4 is 28.7 Å². The van der Waals surface area contributed by atoms with Crippen molar-refractivity contribution in [3.05, 3.63) is 0 Å². The third-order valence-corrected chi connectivity index (χ3v) is 4.12. The number of halogens is 1. The number of fused-ring (bicyclic) bond motifs is 1. The highest BCUT2D eigenvalue weighted by Crippen LogP contribution is 2.34. The normalized spacial score (nSPS) is 32.7. The van der Waals surface area contributed by atoms with E-state index in [1.807, 2.05) is 20.8 Å². The monoisotopic (exact) mass is 353 g/mol. The molecule has 0 aromatic rings. The summed E-state index contributed by atoms with van der Waals surface area (Å²) in [6.07, 6.45) is 1.47. The van der Waals surface area contributed by atoms with Gasteiger partial charge in [-0.3, -0.25) is 0 Å². The largest absolute Gasteiger partial charge is 0.444 e. The van der Waals surface area contributed by atoms with Crippen LogP contribution in [0, 0.1) is 5.92 Å². The molecule has 0 unspecified atom stereocenters. The van der Waals surface area contributed by atoms with Gasteiger partial charge in [-0.15, -0.1) is 0 Å². The maximum absolute atomic E-state index is 11.9. The molecule has 3 atom stereocenters. The van der Waals surface area contributed by atoms with E-state index in [1.54, 1.807) is 4.90 Å². The highest BCUT2D eigenvalue weighted by Gasteiger charge is 2.43. The molecule has 1 amide bonds. The van der Waals surface area contributed by atoms with Gasteiger partial charge in [-0.25, -0.2) is 4.79 Å². The molecule has 0 N–H and O–H groups in total. The average Bonchev–Trinajstić information content (AvgIpc) is 2.70. The predicted molar refractivity (Wildman–Crippen MR) is 73.5 cm³/mol. The summed E-state index contributed by atoms with van der Waals surface area (Å²) in [5.74, 6) is 0.502. The van der Waals surface area contributed by atoms with Crippen molar-refractivity contribution < 1.29 is 14.3 Å². The maximum atomic E-state index is 11.9. The van der Waals surface area contributed by atoms with Crippen LogP contribution in [0.15, 0.2) is 0 Å². The minimum absolute atomic E-state index is 0.207. The van der Waals surface area contributed by atoms with Gasteiger partial charge in [-0.1, -0.05) is 22.6 Å². The maximum Gasteiger partial charge on any atom is 0.410 e. The van der Waals surface area contributed by atoms with Gasteiger partial charge in [0.25, 0.3) is 0 Å². The summed E-state index contributed by atoms with van der Waals surface area (Å²) >= 11 is 2.36. The lowest BCUT2D eigenvalue weighted by Crippen LogP contribution is -2.36. The molecule has 0 radical (unpaired) electrons. The van der Waals surface area contributed by atoms with Crippen LogP contribution in [0.4, 0.5) is 4.79 Å². The number of carbonyl (C=O) groups is 1. The molecular formula is C12H20INO3. The first-order chi connectivity index (χ1) is 7.89. The van der Waals surface area contributed by atoms with E-state index >= 15 is 0 Å². The molecule has 0 bridgehead atoms. The molecule has 4 nitrogen and oxygen atoms in total. The van der Waals surface area contributed by atoms with Crippen molar-refractivity contribution in [3.8, 4) is 0 Å². The van der Waals surface area contributed by atoms with Gasteiger partial charge in [-0.05, 0) is 27.2 Å². The Morgan fingerprint density at radius 1 is 1.47 bits per heavy atom. The molecule has 0 aliphatic carbocycles. The Bertz CT molecular complexity index is 289. The summed E-state index contributed by atoms with van der Waals surface area (Å²) < 4.78 is 12.3. The van der Waals surface area contributed by atoms with Gasteiger partial charge in [0.15, 0.2) is 0 Å². The fourth-order valence-corrected chi connectivity index (χ4v) is 3.00. The van der Waals surface area contributed by atoms with E-state index in [1.165, 1.54) is 0 Å². The van der Waals surface area contributed by atoms with Crippen molar-refractivity contribution in [2.75, 3.05) is 17.5 Å². The van der Waals surface area contributed by atoms with Crippen LogP contribution in [0.5, 0.6) is 0 Å². The van der Waals surface area contributed by atoms with E-state index in [0.29, 0.717) is 18.6 Å². The number of hydrogen-bond acceptors (Lipinski definition) is 3. The average molecular weight is 353 g/mol. The van der Waals surface area contributed by atoms with Crippen LogP contribution in [-0.4, -0.2) is 46.3 Å². The van der Waals surface area contributed by atoms with E-state index < -0.39 is 5.60 Å². The lowest BCUT2D eigenvalue weighted by molar-refractivity contribution is 0.0172. The van der Waals surface area contributed by atoms with Gasteiger partial charge >= 0.3 is 6.09 Å². The van der Waals surface area contributed by atoms with Gasteiger partial charge < -0.3 is 14.4 Å². The number of amides is 1. The van der Waals surface area contributed by atoms with Gasteiger partial charge in [0, 0.05) is 16.9 Å². The SMILES string of the molecule is CC(C)(C)OC(=O)N1C[C@@H]2C[C@@H](CI)O[C@@H]2C1. The van der Waals surface area contributed by atoms with Gasteiger partial charge in [0.1, 0.15) is 5.60 Å². The number of rotatable bonds is 1. The quantitative estimate of drug-likeness (QED) is 0.537. The van der Waals surface area contributed by atoms with Crippen LogP contribution in [-0.2, 0) is 9.47 Å². The van der Waals surface area contributed by atoms with Gasteiger partial charge in [0.05, 0.1) is 18.8 Å². The molecular weight excluding hydrogens is 333 g/mol. The Kier molecular flexibility index (Phi) is 3.87. The van der Waals surface area contributed by atoms with Crippen LogP contribution >= 0.6 is 22.6 Å². The lowest BCUT2D eigenvalue weighted by atomic mass is 10.0. The fourth-order valence-electron chi connectivity index (χ4n) is 2.44. The third-order valence-electron chi connectivity index (χ3n) is 3.14. The molecule has 5 heteroatoms. The number of hydrogen-bond donors (Lipinski definition) is 0. The van der Waals surface area contributed by atoms with Crippen molar-refractivity contribution in [2.45, 2.75) is 45.0 Å². The minimum Gasteiger partial charge on any atom is -0.444 e. The number of alkyl halides is 1. The Balaban J connectivity index is 1.86. The van der Waals surface area contributed by atoms with E-state index in [0.717, 1.165) is 17.4 Å². The molecule has 0 saturated carbocycles. The minimum atomic E-state index is -0.416. The fraction of sp³-hybridized carbons (Fsp3) is 0.917. The number of carbonyl (C=O) groups excluding carboxylic acids is 1. The predicted octanol–water partition coefficient (Wildman–Crippen LogP) is 2.45. The molecule has 2 heterocycles. The molecule has 2 rings (SSSR count). The van der Waals surface area contributed by atoms with E-state index in [-0.39, 0.29) is 12.2 Å². The van der Waals surface area contributed by atoms with Gasteiger partial charge in [0.2, 0.25) is 0 Å².